The Balaban J connectivity index is 2.06. The van der Waals surface area contributed by atoms with Crippen LogP contribution in [-0.4, -0.2) is 29.8 Å². The number of anilines is 1. The van der Waals surface area contributed by atoms with Gasteiger partial charge < -0.3 is 10.2 Å². The Labute approximate surface area is 165 Å². The number of carbonyl (C=O) groups is 2. The number of nitrogens with zero attached hydrogens (tertiary/aromatic N) is 1. The van der Waals surface area contributed by atoms with Crippen LogP contribution < -0.4 is 5.32 Å². The molecule has 2 aromatic rings. The number of benzene rings is 2. The molecule has 0 spiro atoms. The summed E-state index contributed by atoms with van der Waals surface area (Å²) in [7, 11) is 0. The first-order valence-corrected chi connectivity index (χ1v) is 8.85. The van der Waals surface area contributed by atoms with Crippen molar-refractivity contribution in [2.75, 3.05) is 18.4 Å². The molecule has 28 heavy (non-hydrogen) atoms. The SMILES string of the molecule is CCCN(CC(=O)Nc1ccc(F)c(F)c1F)C(=O)C=Cc1cccc(Cl)c1. The summed E-state index contributed by atoms with van der Waals surface area (Å²) >= 11 is 5.89. The van der Waals surface area contributed by atoms with Gasteiger partial charge in [-0.2, -0.15) is 0 Å². The van der Waals surface area contributed by atoms with Gasteiger partial charge in [0.25, 0.3) is 0 Å². The number of halogens is 4. The highest BCUT2D eigenvalue weighted by atomic mass is 35.5. The molecule has 0 aliphatic rings. The van der Waals surface area contributed by atoms with Crippen LogP contribution in [0.3, 0.4) is 0 Å². The molecular weight excluding hydrogens is 393 g/mol. The molecule has 0 fully saturated rings. The molecule has 0 aliphatic carbocycles. The number of hydrogen-bond acceptors (Lipinski definition) is 2. The third kappa shape index (κ3) is 5.85. The van der Waals surface area contributed by atoms with Gasteiger partial charge in [-0.3, -0.25) is 9.59 Å². The van der Waals surface area contributed by atoms with E-state index in [0.717, 1.165) is 6.07 Å². The molecule has 0 aliphatic heterocycles. The van der Waals surface area contributed by atoms with E-state index in [1.807, 2.05) is 6.92 Å². The fourth-order valence-electron chi connectivity index (χ4n) is 2.41. The average molecular weight is 411 g/mol. The minimum atomic E-state index is -1.68. The molecule has 0 aromatic heterocycles. The van der Waals surface area contributed by atoms with Crippen LogP contribution in [0.25, 0.3) is 6.08 Å². The Hall–Kier alpha value is -2.80. The van der Waals surface area contributed by atoms with Gasteiger partial charge in [-0.1, -0.05) is 30.7 Å². The zero-order chi connectivity index (χ0) is 20.7. The van der Waals surface area contributed by atoms with Crippen molar-refractivity contribution in [3.05, 3.63) is 70.5 Å². The molecule has 4 nitrogen and oxygen atoms in total. The van der Waals surface area contributed by atoms with Crippen molar-refractivity contribution in [2.24, 2.45) is 0 Å². The summed E-state index contributed by atoms with van der Waals surface area (Å²) in [5.74, 6) is -5.69. The molecule has 148 valence electrons. The average Bonchev–Trinajstić information content (AvgIpc) is 2.66. The molecule has 2 rings (SSSR count). The van der Waals surface area contributed by atoms with Gasteiger partial charge in [-0.15, -0.1) is 0 Å². The minimum absolute atomic E-state index is 0.284. The Morgan fingerprint density at radius 1 is 1.14 bits per heavy atom. The number of amides is 2. The van der Waals surface area contributed by atoms with E-state index in [9.17, 15) is 22.8 Å². The zero-order valence-electron chi connectivity index (χ0n) is 15.0. The van der Waals surface area contributed by atoms with Crippen LogP contribution in [0, 0.1) is 17.5 Å². The molecule has 0 radical (unpaired) electrons. The number of nitrogens with one attached hydrogen (secondary N) is 1. The van der Waals surface area contributed by atoms with Crippen LogP contribution in [0.4, 0.5) is 18.9 Å². The van der Waals surface area contributed by atoms with E-state index in [1.165, 1.54) is 11.0 Å². The molecule has 1 N–H and O–H groups in total. The second-order valence-corrected chi connectivity index (χ2v) is 6.36. The molecule has 0 atom stereocenters. The second-order valence-electron chi connectivity index (χ2n) is 5.92. The summed E-state index contributed by atoms with van der Waals surface area (Å²) in [5, 5.41) is 2.67. The highest BCUT2D eigenvalue weighted by molar-refractivity contribution is 6.30. The highest BCUT2D eigenvalue weighted by Crippen LogP contribution is 2.19. The standard InChI is InChI=1S/C20H18ClF3N2O2/c1-2-10-26(18(28)9-6-13-4-3-5-14(21)11-13)12-17(27)25-16-8-7-15(22)19(23)20(16)24/h3-9,11H,2,10,12H2,1H3,(H,25,27). The van der Waals surface area contributed by atoms with Crippen molar-refractivity contribution in [1.82, 2.24) is 4.90 Å². The van der Waals surface area contributed by atoms with E-state index >= 15 is 0 Å². The van der Waals surface area contributed by atoms with Gasteiger partial charge >= 0.3 is 0 Å². The lowest BCUT2D eigenvalue weighted by Crippen LogP contribution is -2.37. The van der Waals surface area contributed by atoms with Gasteiger partial charge in [0.1, 0.15) is 6.54 Å². The van der Waals surface area contributed by atoms with Gasteiger partial charge in [0.05, 0.1) is 5.69 Å². The molecule has 8 heteroatoms. The normalized spacial score (nSPS) is 10.9. The van der Waals surface area contributed by atoms with Crippen molar-refractivity contribution in [3.8, 4) is 0 Å². The summed E-state index contributed by atoms with van der Waals surface area (Å²) in [6, 6.07) is 8.49. The summed E-state index contributed by atoms with van der Waals surface area (Å²) in [6.45, 7) is 1.74. The van der Waals surface area contributed by atoms with E-state index in [4.69, 9.17) is 11.6 Å². The van der Waals surface area contributed by atoms with Gasteiger partial charge in [0, 0.05) is 17.6 Å². The van der Waals surface area contributed by atoms with Crippen LogP contribution in [0.15, 0.2) is 42.5 Å². The highest BCUT2D eigenvalue weighted by Gasteiger charge is 2.18. The molecule has 0 heterocycles. The van der Waals surface area contributed by atoms with E-state index in [1.54, 1.807) is 30.3 Å². The quantitative estimate of drug-likeness (QED) is 0.533. The fourth-order valence-corrected chi connectivity index (χ4v) is 2.60. The van der Waals surface area contributed by atoms with Gasteiger partial charge in [0.15, 0.2) is 17.5 Å². The van der Waals surface area contributed by atoms with E-state index in [2.05, 4.69) is 5.32 Å². The maximum absolute atomic E-state index is 13.7. The topological polar surface area (TPSA) is 49.4 Å². The van der Waals surface area contributed by atoms with E-state index in [0.29, 0.717) is 23.1 Å². The molecule has 2 amide bonds. The van der Waals surface area contributed by atoms with Crippen LogP contribution in [0.2, 0.25) is 5.02 Å². The first-order chi connectivity index (χ1) is 13.3. The van der Waals surface area contributed by atoms with Crippen molar-refractivity contribution in [1.29, 1.82) is 0 Å². The maximum Gasteiger partial charge on any atom is 0.247 e. The van der Waals surface area contributed by atoms with Crippen LogP contribution in [-0.2, 0) is 9.59 Å². The predicted octanol–water partition coefficient (Wildman–Crippen LogP) is 4.65. The number of hydrogen-bond donors (Lipinski definition) is 1. The molecule has 2 aromatic carbocycles. The third-order valence-corrected chi connectivity index (χ3v) is 3.95. The number of rotatable bonds is 7. The number of carbonyl (C=O) groups excluding carboxylic acids is 2. The van der Waals surface area contributed by atoms with E-state index in [-0.39, 0.29) is 13.1 Å². The molecule has 0 saturated carbocycles. The smallest absolute Gasteiger partial charge is 0.247 e. The largest absolute Gasteiger partial charge is 0.330 e. The van der Waals surface area contributed by atoms with Crippen LogP contribution in [0.1, 0.15) is 18.9 Å². The monoisotopic (exact) mass is 410 g/mol. The molecule has 0 unspecified atom stereocenters. The lowest BCUT2D eigenvalue weighted by atomic mass is 10.2. The minimum Gasteiger partial charge on any atom is -0.330 e. The van der Waals surface area contributed by atoms with E-state index < -0.39 is 35.0 Å². The molecular formula is C20H18ClF3N2O2. The molecule has 0 saturated heterocycles. The van der Waals surface area contributed by atoms with Crippen LogP contribution in [0.5, 0.6) is 0 Å². The fraction of sp³-hybridized carbons (Fsp3) is 0.200. The summed E-state index contributed by atoms with van der Waals surface area (Å²) in [4.78, 5) is 25.8. The van der Waals surface area contributed by atoms with Gasteiger partial charge in [-0.25, -0.2) is 13.2 Å². The Morgan fingerprint density at radius 2 is 1.89 bits per heavy atom. The van der Waals surface area contributed by atoms with Crippen molar-refractivity contribution in [2.45, 2.75) is 13.3 Å². The first-order valence-electron chi connectivity index (χ1n) is 8.47. The zero-order valence-corrected chi connectivity index (χ0v) is 15.8. The predicted molar refractivity (Wildman–Crippen MR) is 102 cm³/mol. The summed E-state index contributed by atoms with van der Waals surface area (Å²) in [5.41, 5.74) is 0.216. The molecule has 0 bridgehead atoms. The second kappa shape index (κ2) is 9.94. The summed E-state index contributed by atoms with van der Waals surface area (Å²) < 4.78 is 39.9. The Morgan fingerprint density at radius 3 is 2.57 bits per heavy atom. The first kappa shape index (κ1) is 21.5. The maximum atomic E-state index is 13.7. The Kier molecular flexibility index (Phi) is 7.63. The Bertz CT molecular complexity index is 903. The van der Waals surface area contributed by atoms with Gasteiger partial charge in [0.2, 0.25) is 11.8 Å². The van der Waals surface area contributed by atoms with Crippen molar-refractivity contribution < 1.29 is 22.8 Å². The van der Waals surface area contributed by atoms with Gasteiger partial charge in [-0.05, 0) is 42.3 Å². The third-order valence-electron chi connectivity index (χ3n) is 3.72. The lowest BCUT2D eigenvalue weighted by Gasteiger charge is -2.20. The lowest BCUT2D eigenvalue weighted by molar-refractivity contribution is -0.130. The van der Waals surface area contributed by atoms with Crippen molar-refractivity contribution in [3.63, 3.8) is 0 Å². The van der Waals surface area contributed by atoms with Crippen LogP contribution >= 0.6 is 11.6 Å². The summed E-state index contributed by atoms with van der Waals surface area (Å²) in [6.07, 6.45) is 3.44. The van der Waals surface area contributed by atoms with Crippen molar-refractivity contribution >= 4 is 35.2 Å².